The fraction of sp³-hybridized carbons (Fsp3) is 1.00. The van der Waals surface area contributed by atoms with Crippen LogP contribution in [0.25, 0.3) is 0 Å². The van der Waals surface area contributed by atoms with Gasteiger partial charge in [0.1, 0.15) is 0 Å². The van der Waals surface area contributed by atoms with Gasteiger partial charge in [-0.1, -0.05) is 33.1 Å². The molecule has 2 unspecified atom stereocenters. The van der Waals surface area contributed by atoms with Crippen molar-refractivity contribution in [2.45, 2.75) is 90.0 Å². The van der Waals surface area contributed by atoms with Crippen LogP contribution in [0.2, 0.25) is 0 Å². The van der Waals surface area contributed by atoms with Crippen molar-refractivity contribution >= 4 is 0 Å². The number of aliphatic hydroxyl groups is 1. The van der Waals surface area contributed by atoms with Crippen LogP contribution in [0.3, 0.4) is 0 Å². The number of aliphatic hydroxyl groups excluding tert-OH is 1. The van der Waals surface area contributed by atoms with Crippen molar-refractivity contribution in [3.8, 4) is 0 Å². The molecule has 2 nitrogen and oxygen atoms in total. The largest absolute Gasteiger partial charge is 0.396 e. The van der Waals surface area contributed by atoms with E-state index in [9.17, 15) is 0 Å². The molecule has 22 heavy (non-hydrogen) atoms. The molecule has 0 aromatic carbocycles. The van der Waals surface area contributed by atoms with Gasteiger partial charge in [0.25, 0.3) is 0 Å². The Morgan fingerprint density at radius 2 is 1.45 bits per heavy atom. The third-order valence-electron chi connectivity index (χ3n) is 7.06. The van der Waals surface area contributed by atoms with Crippen LogP contribution in [0.1, 0.15) is 84.5 Å². The summed E-state index contributed by atoms with van der Waals surface area (Å²) in [6.07, 6.45) is 15.0. The second-order valence-electron chi connectivity index (χ2n) is 9.77. The number of hydrogen-bond donors (Lipinski definition) is 1. The van der Waals surface area contributed by atoms with E-state index in [-0.39, 0.29) is 0 Å². The molecular formula is C20H37NO. The molecule has 4 aliphatic carbocycles. The topological polar surface area (TPSA) is 23.5 Å². The average Bonchev–Trinajstić information content (AvgIpc) is 2.38. The Morgan fingerprint density at radius 3 is 2.05 bits per heavy atom. The van der Waals surface area contributed by atoms with Crippen LogP contribution in [-0.4, -0.2) is 35.7 Å². The van der Waals surface area contributed by atoms with Gasteiger partial charge < -0.3 is 10.0 Å². The summed E-state index contributed by atoms with van der Waals surface area (Å²) < 4.78 is 0. The monoisotopic (exact) mass is 307 g/mol. The van der Waals surface area contributed by atoms with E-state index in [4.69, 9.17) is 5.11 Å². The van der Waals surface area contributed by atoms with Crippen molar-refractivity contribution in [2.75, 3.05) is 20.2 Å². The minimum absolute atomic E-state index is 0.363. The first-order valence-corrected chi connectivity index (χ1v) is 9.71. The lowest BCUT2D eigenvalue weighted by atomic mass is 9.42. The van der Waals surface area contributed by atoms with Gasteiger partial charge in [-0.3, -0.25) is 0 Å². The van der Waals surface area contributed by atoms with E-state index < -0.39 is 0 Å². The molecule has 0 radical (unpaired) electrons. The van der Waals surface area contributed by atoms with Gasteiger partial charge >= 0.3 is 0 Å². The highest BCUT2D eigenvalue weighted by Crippen LogP contribution is 2.67. The molecule has 4 aliphatic rings. The standard InChI is InChI=1S/C20H37NO/c1-18-11-17-12-19(2,14-18)16-20(13-17,15-18)21(3)9-7-5-4-6-8-10-22/h17,22H,4-16H2,1-3H3/t17?,18-,19+,20?. The van der Waals surface area contributed by atoms with E-state index in [0.717, 1.165) is 12.3 Å². The Labute approximate surface area is 137 Å². The summed E-state index contributed by atoms with van der Waals surface area (Å²) in [6, 6.07) is 0. The Bertz CT molecular complexity index is 375. The number of rotatable bonds is 8. The third-order valence-corrected chi connectivity index (χ3v) is 7.06. The van der Waals surface area contributed by atoms with Gasteiger partial charge in [0.05, 0.1) is 0 Å². The quantitative estimate of drug-likeness (QED) is 0.662. The van der Waals surface area contributed by atoms with Crippen LogP contribution < -0.4 is 0 Å². The fourth-order valence-electron chi connectivity index (χ4n) is 7.04. The Hall–Kier alpha value is -0.0800. The Balaban J connectivity index is 1.54. The van der Waals surface area contributed by atoms with Gasteiger partial charge in [0.2, 0.25) is 0 Å². The van der Waals surface area contributed by atoms with Gasteiger partial charge in [0, 0.05) is 12.1 Å². The van der Waals surface area contributed by atoms with E-state index in [1.165, 1.54) is 70.8 Å². The van der Waals surface area contributed by atoms with Crippen molar-refractivity contribution in [1.29, 1.82) is 0 Å². The summed E-state index contributed by atoms with van der Waals surface area (Å²) in [4.78, 5) is 2.76. The molecule has 1 N–H and O–H groups in total. The molecule has 2 heteroatoms. The Morgan fingerprint density at radius 1 is 0.864 bits per heavy atom. The molecule has 4 fully saturated rings. The maximum Gasteiger partial charge on any atom is 0.0431 e. The highest BCUT2D eigenvalue weighted by atomic mass is 16.2. The maximum atomic E-state index is 8.85. The van der Waals surface area contributed by atoms with Crippen LogP contribution in [0, 0.1) is 16.7 Å². The minimum atomic E-state index is 0.363. The first-order valence-electron chi connectivity index (χ1n) is 9.71. The minimum Gasteiger partial charge on any atom is -0.396 e. The van der Waals surface area contributed by atoms with Gasteiger partial charge in [-0.2, -0.15) is 0 Å². The van der Waals surface area contributed by atoms with E-state index in [0.29, 0.717) is 23.0 Å². The summed E-state index contributed by atoms with van der Waals surface area (Å²) in [7, 11) is 2.41. The maximum absolute atomic E-state index is 8.85. The lowest BCUT2D eigenvalue weighted by Crippen LogP contribution is -2.64. The smallest absolute Gasteiger partial charge is 0.0431 e. The van der Waals surface area contributed by atoms with Gasteiger partial charge in [-0.15, -0.1) is 0 Å². The summed E-state index contributed by atoms with van der Waals surface area (Å²) >= 11 is 0. The van der Waals surface area contributed by atoms with Crippen LogP contribution >= 0.6 is 0 Å². The van der Waals surface area contributed by atoms with E-state index in [1.807, 2.05) is 0 Å². The lowest BCUT2D eigenvalue weighted by molar-refractivity contribution is -0.156. The summed E-state index contributed by atoms with van der Waals surface area (Å²) in [5, 5.41) is 8.85. The molecule has 0 saturated heterocycles. The van der Waals surface area contributed by atoms with Crippen LogP contribution in [-0.2, 0) is 0 Å². The number of unbranched alkanes of at least 4 members (excludes halogenated alkanes) is 4. The Kier molecular flexibility index (Phi) is 4.64. The molecule has 4 saturated carbocycles. The second-order valence-corrected chi connectivity index (χ2v) is 9.77. The van der Waals surface area contributed by atoms with Gasteiger partial charge in [-0.25, -0.2) is 0 Å². The fourth-order valence-corrected chi connectivity index (χ4v) is 7.04. The van der Waals surface area contributed by atoms with Crippen molar-refractivity contribution < 1.29 is 5.11 Å². The SMILES string of the molecule is CN(CCCCCCCO)C12CC3C[C@@](C)(C1)C[C@](C)(C3)C2. The molecular weight excluding hydrogens is 270 g/mol. The summed E-state index contributed by atoms with van der Waals surface area (Å²) in [6.45, 7) is 6.79. The van der Waals surface area contributed by atoms with E-state index in [2.05, 4.69) is 25.8 Å². The molecule has 4 atom stereocenters. The molecule has 4 rings (SSSR count). The zero-order valence-electron chi connectivity index (χ0n) is 15.2. The molecule has 4 bridgehead atoms. The summed E-state index contributed by atoms with van der Waals surface area (Å²) in [5.41, 5.74) is 1.78. The van der Waals surface area contributed by atoms with Crippen LogP contribution in [0.5, 0.6) is 0 Å². The predicted molar refractivity (Wildman–Crippen MR) is 92.9 cm³/mol. The lowest BCUT2D eigenvalue weighted by Gasteiger charge is -2.67. The second kappa shape index (κ2) is 6.09. The van der Waals surface area contributed by atoms with Crippen molar-refractivity contribution in [1.82, 2.24) is 4.90 Å². The molecule has 0 aromatic rings. The molecule has 0 aromatic heterocycles. The van der Waals surface area contributed by atoms with Gasteiger partial charge in [0.15, 0.2) is 0 Å². The van der Waals surface area contributed by atoms with Crippen LogP contribution in [0.4, 0.5) is 0 Å². The van der Waals surface area contributed by atoms with Crippen molar-refractivity contribution in [2.24, 2.45) is 16.7 Å². The highest BCUT2D eigenvalue weighted by Gasteiger charge is 2.61. The average molecular weight is 308 g/mol. The van der Waals surface area contributed by atoms with Crippen LogP contribution in [0.15, 0.2) is 0 Å². The molecule has 0 aliphatic heterocycles. The number of hydrogen-bond acceptors (Lipinski definition) is 2. The molecule has 0 spiro atoms. The first-order chi connectivity index (χ1) is 10.4. The molecule has 0 amide bonds. The number of nitrogens with zero attached hydrogens (tertiary/aromatic N) is 1. The predicted octanol–water partition coefficient (Wildman–Crippen LogP) is 4.61. The zero-order valence-corrected chi connectivity index (χ0v) is 15.2. The highest BCUT2D eigenvalue weighted by molar-refractivity contribution is 5.14. The summed E-state index contributed by atoms with van der Waals surface area (Å²) in [5.74, 6) is 0.998. The van der Waals surface area contributed by atoms with Gasteiger partial charge in [-0.05, 0) is 81.7 Å². The first kappa shape index (κ1) is 16.8. The van der Waals surface area contributed by atoms with Crippen molar-refractivity contribution in [3.05, 3.63) is 0 Å². The molecule has 128 valence electrons. The van der Waals surface area contributed by atoms with E-state index >= 15 is 0 Å². The van der Waals surface area contributed by atoms with Crippen molar-refractivity contribution in [3.63, 3.8) is 0 Å². The van der Waals surface area contributed by atoms with E-state index in [1.54, 1.807) is 0 Å². The normalized spacial score (nSPS) is 43.2. The molecule has 0 heterocycles. The third kappa shape index (κ3) is 3.24. The zero-order chi connectivity index (χ0) is 15.8.